The van der Waals surface area contributed by atoms with Crippen molar-refractivity contribution in [3.8, 4) is 0 Å². The zero-order valence-corrected chi connectivity index (χ0v) is 11.6. The second-order valence-electron chi connectivity index (χ2n) is 5.38. The van der Waals surface area contributed by atoms with Gasteiger partial charge >= 0.3 is 0 Å². The third-order valence-corrected chi connectivity index (χ3v) is 3.89. The number of aromatic nitrogens is 2. The van der Waals surface area contributed by atoms with Gasteiger partial charge in [0.1, 0.15) is 0 Å². The number of rotatable bonds is 3. The Balaban J connectivity index is 1.70. The van der Waals surface area contributed by atoms with Gasteiger partial charge in [-0.3, -0.25) is 4.79 Å². The molecule has 2 heterocycles. The maximum atomic E-state index is 12.4. The molecule has 2 aromatic rings. The summed E-state index contributed by atoms with van der Waals surface area (Å²) in [6.45, 7) is 2.42. The van der Waals surface area contributed by atoms with Gasteiger partial charge in [0, 0.05) is 32.4 Å². The first-order valence-electron chi connectivity index (χ1n) is 7.00. The molecular formula is C15H19N3O2. The van der Waals surface area contributed by atoms with Crippen LogP contribution in [-0.4, -0.2) is 47.6 Å². The Kier molecular flexibility index (Phi) is 3.69. The van der Waals surface area contributed by atoms with Crippen molar-refractivity contribution in [3.63, 3.8) is 0 Å². The summed E-state index contributed by atoms with van der Waals surface area (Å²) in [5.74, 6) is 0.613. The van der Waals surface area contributed by atoms with Crippen molar-refractivity contribution in [2.45, 2.75) is 12.8 Å². The molecule has 0 radical (unpaired) electrons. The Hall–Kier alpha value is -1.88. The highest BCUT2D eigenvalue weighted by molar-refractivity contribution is 5.97. The van der Waals surface area contributed by atoms with Crippen LogP contribution in [0.2, 0.25) is 0 Å². The molecule has 0 unspecified atom stereocenters. The van der Waals surface area contributed by atoms with E-state index in [1.807, 2.05) is 30.1 Å². The number of nitrogens with one attached hydrogen (secondary N) is 1. The fourth-order valence-corrected chi connectivity index (χ4v) is 2.69. The smallest absolute Gasteiger partial charge is 0.253 e. The first-order chi connectivity index (χ1) is 9.74. The lowest BCUT2D eigenvalue weighted by Gasteiger charge is -2.27. The molecule has 1 aliphatic rings. The molecule has 1 saturated heterocycles. The fourth-order valence-electron chi connectivity index (χ4n) is 2.69. The van der Waals surface area contributed by atoms with E-state index in [0.29, 0.717) is 11.5 Å². The molecule has 5 heteroatoms. The van der Waals surface area contributed by atoms with Gasteiger partial charge in [-0.1, -0.05) is 0 Å². The van der Waals surface area contributed by atoms with Crippen LogP contribution in [0.5, 0.6) is 0 Å². The van der Waals surface area contributed by atoms with Gasteiger partial charge in [0.15, 0.2) is 0 Å². The van der Waals surface area contributed by atoms with Crippen LogP contribution in [0.15, 0.2) is 24.5 Å². The number of hydrogen-bond donors (Lipinski definition) is 1. The summed E-state index contributed by atoms with van der Waals surface area (Å²) in [5.41, 5.74) is 2.49. The lowest BCUT2D eigenvalue weighted by molar-refractivity contribution is 0.0497. The first kappa shape index (κ1) is 13.1. The van der Waals surface area contributed by atoms with E-state index < -0.39 is 0 Å². The average Bonchev–Trinajstić information content (AvgIpc) is 2.94. The molecular weight excluding hydrogens is 254 g/mol. The average molecular weight is 273 g/mol. The van der Waals surface area contributed by atoms with Gasteiger partial charge in [-0.25, -0.2) is 4.98 Å². The van der Waals surface area contributed by atoms with Gasteiger partial charge in [-0.2, -0.15) is 0 Å². The second kappa shape index (κ2) is 5.63. The van der Waals surface area contributed by atoms with Crippen LogP contribution < -0.4 is 0 Å². The number of ether oxygens (including phenoxy) is 1. The molecule has 106 valence electrons. The van der Waals surface area contributed by atoms with Gasteiger partial charge < -0.3 is 14.6 Å². The van der Waals surface area contributed by atoms with Gasteiger partial charge in [0.25, 0.3) is 5.91 Å². The van der Waals surface area contributed by atoms with Crippen LogP contribution in [0.3, 0.4) is 0 Å². The molecule has 0 spiro atoms. The van der Waals surface area contributed by atoms with Crippen LogP contribution in [0.25, 0.3) is 11.0 Å². The number of H-pyrrole nitrogens is 1. The molecule has 1 aromatic heterocycles. The van der Waals surface area contributed by atoms with E-state index in [1.165, 1.54) is 0 Å². The summed E-state index contributed by atoms with van der Waals surface area (Å²) in [6.07, 6.45) is 3.72. The Morgan fingerprint density at radius 1 is 1.45 bits per heavy atom. The zero-order valence-electron chi connectivity index (χ0n) is 11.6. The lowest BCUT2D eigenvalue weighted by Crippen LogP contribution is -2.34. The van der Waals surface area contributed by atoms with E-state index in [1.54, 1.807) is 6.33 Å². The summed E-state index contributed by atoms with van der Waals surface area (Å²) in [4.78, 5) is 21.5. The topological polar surface area (TPSA) is 58.2 Å². The van der Waals surface area contributed by atoms with E-state index in [2.05, 4.69) is 9.97 Å². The van der Waals surface area contributed by atoms with Gasteiger partial charge in [0.05, 0.1) is 17.4 Å². The zero-order chi connectivity index (χ0) is 13.9. The molecule has 20 heavy (non-hydrogen) atoms. The highest BCUT2D eigenvalue weighted by atomic mass is 16.5. The van der Waals surface area contributed by atoms with E-state index in [4.69, 9.17) is 4.74 Å². The first-order valence-corrected chi connectivity index (χ1v) is 7.00. The Morgan fingerprint density at radius 2 is 2.25 bits per heavy atom. The maximum Gasteiger partial charge on any atom is 0.253 e. The van der Waals surface area contributed by atoms with Crippen molar-refractivity contribution >= 4 is 16.9 Å². The fraction of sp³-hybridized carbons (Fsp3) is 0.467. The molecule has 1 amide bonds. The minimum atomic E-state index is 0.0630. The highest BCUT2D eigenvalue weighted by Crippen LogP contribution is 2.18. The molecule has 1 fully saturated rings. The lowest BCUT2D eigenvalue weighted by atomic mass is 9.99. The molecule has 0 atom stereocenters. The van der Waals surface area contributed by atoms with Crippen LogP contribution >= 0.6 is 0 Å². The number of nitrogens with zero attached hydrogens (tertiary/aromatic N) is 2. The van der Waals surface area contributed by atoms with Crippen molar-refractivity contribution in [2.24, 2.45) is 5.92 Å². The summed E-state index contributed by atoms with van der Waals surface area (Å²) in [5, 5.41) is 0. The monoisotopic (exact) mass is 273 g/mol. The van der Waals surface area contributed by atoms with Crippen LogP contribution in [0, 0.1) is 5.92 Å². The predicted octanol–water partition coefficient (Wildman–Crippen LogP) is 2.06. The van der Waals surface area contributed by atoms with Crippen LogP contribution in [0.1, 0.15) is 23.2 Å². The third kappa shape index (κ3) is 2.67. The van der Waals surface area contributed by atoms with Gasteiger partial charge in [0.2, 0.25) is 0 Å². The molecule has 0 saturated carbocycles. The van der Waals surface area contributed by atoms with Crippen molar-refractivity contribution in [3.05, 3.63) is 30.1 Å². The molecule has 5 nitrogen and oxygen atoms in total. The van der Waals surface area contributed by atoms with Crippen molar-refractivity contribution < 1.29 is 9.53 Å². The summed E-state index contributed by atoms with van der Waals surface area (Å²) in [6, 6.07) is 5.58. The van der Waals surface area contributed by atoms with Crippen LogP contribution in [-0.2, 0) is 4.74 Å². The van der Waals surface area contributed by atoms with E-state index in [9.17, 15) is 4.79 Å². The SMILES string of the molecule is CN(CC1CCOCC1)C(=O)c1ccc2nc[nH]c2c1. The number of hydrogen-bond acceptors (Lipinski definition) is 3. The van der Waals surface area contributed by atoms with Crippen molar-refractivity contribution in [1.82, 2.24) is 14.9 Å². The summed E-state index contributed by atoms with van der Waals surface area (Å²) < 4.78 is 5.35. The normalized spacial score (nSPS) is 16.4. The summed E-state index contributed by atoms with van der Waals surface area (Å²) >= 11 is 0. The van der Waals surface area contributed by atoms with Gasteiger partial charge in [-0.15, -0.1) is 0 Å². The van der Waals surface area contributed by atoms with Crippen LogP contribution in [0.4, 0.5) is 0 Å². The number of amides is 1. The molecule has 1 aromatic carbocycles. The largest absolute Gasteiger partial charge is 0.381 e. The highest BCUT2D eigenvalue weighted by Gasteiger charge is 2.19. The van der Waals surface area contributed by atoms with Crippen molar-refractivity contribution in [2.75, 3.05) is 26.8 Å². The predicted molar refractivity (Wildman–Crippen MR) is 76.6 cm³/mol. The summed E-state index contributed by atoms with van der Waals surface area (Å²) in [7, 11) is 1.87. The second-order valence-corrected chi connectivity index (χ2v) is 5.38. The van der Waals surface area contributed by atoms with E-state index >= 15 is 0 Å². The maximum absolute atomic E-state index is 12.4. The quantitative estimate of drug-likeness (QED) is 0.931. The van der Waals surface area contributed by atoms with E-state index in [0.717, 1.165) is 43.6 Å². The number of carbonyl (C=O) groups is 1. The minimum Gasteiger partial charge on any atom is -0.381 e. The van der Waals surface area contributed by atoms with E-state index in [-0.39, 0.29) is 5.91 Å². The number of aromatic amines is 1. The Morgan fingerprint density at radius 3 is 3.05 bits per heavy atom. The molecule has 0 aliphatic carbocycles. The Bertz CT molecular complexity index is 602. The molecule has 1 aliphatic heterocycles. The number of imidazole rings is 1. The molecule has 0 bridgehead atoms. The number of fused-ring (bicyclic) bond motifs is 1. The number of carbonyl (C=O) groups excluding carboxylic acids is 1. The standard InChI is InChI=1S/C15H19N3O2/c1-18(9-11-4-6-20-7-5-11)15(19)12-2-3-13-14(8-12)17-10-16-13/h2-3,8,10-11H,4-7,9H2,1H3,(H,16,17). The Labute approximate surface area is 117 Å². The van der Waals surface area contributed by atoms with Gasteiger partial charge in [-0.05, 0) is 37.0 Å². The number of benzene rings is 1. The van der Waals surface area contributed by atoms with Crippen molar-refractivity contribution in [1.29, 1.82) is 0 Å². The molecule has 1 N–H and O–H groups in total. The minimum absolute atomic E-state index is 0.0630. The third-order valence-electron chi connectivity index (χ3n) is 3.89. The molecule has 3 rings (SSSR count).